The molecule has 0 spiro atoms. The first kappa shape index (κ1) is 11.1. The van der Waals surface area contributed by atoms with E-state index in [9.17, 15) is 0 Å². The molecule has 2 N–H and O–H groups in total. The maximum atomic E-state index is 6.20. The third-order valence-corrected chi connectivity index (χ3v) is 3.26. The van der Waals surface area contributed by atoms with Crippen molar-refractivity contribution in [2.45, 2.75) is 0 Å². The summed E-state index contributed by atoms with van der Waals surface area (Å²) in [5.74, 6) is 0. The number of anilines is 1. The minimum atomic E-state index is 0.664. The van der Waals surface area contributed by atoms with Crippen molar-refractivity contribution >= 4 is 28.1 Å². The molecule has 0 aliphatic carbocycles. The number of nitrogen functional groups attached to an aromatic ring is 1. The zero-order chi connectivity index (χ0) is 12.5. The fourth-order valence-electron chi connectivity index (χ4n) is 2.05. The fourth-order valence-corrected chi connectivity index (χ4v) is 2.28. The molecule has 0 saturated heterocycles. The van der Waals surface area contributed by atoms with Crippen molar-refractivity contribution in [3.8, 4) is 11.3 Å². The molecule has 0 aliphatic rings. The molecule has 88 valence electrons. The van der Waals surface area contributed by atoms with E-state index in [0.29, 0.717) is 5.69 Å². The quantitative estimate of drug-likeness (QED) is 0.709. The Hall–Kier alpha value is -2.06. The van der Waals surface area contributed by atoms with Gasteiger partial charge < -0.3 is 5.73 Å². The standard InChI is InChI=1S/C15H11ClN2/c16-14-7-6-13(11-3-1-2-4-12(11)14)15-8-5-10(17)9-18-15/h1-9H,17H2. The summed E-state index contributed by atoms with van der Waals surface area (Å²) in [6, 6.07) is 15.7. The number of aromatic nitrogens is 1. The molecule has 3 heteroatoms. The molecule has 1 heterocycles. The van der Waals surface area contributed by atoms with Gasteiger partial charge in [-0.3, -0.25) is 4.98 Å². The first-order chi connectivity index (χ1) is 8.75. The van der Waals surface area contributed by atoms with E-state index in [1.807, 2.05) is 42.5 Å². The second-order valence-electron chi connectivity index (χ2n) is 4.12. The Bertz CT molecular complexity index is 705. The average Bonchev–Trinajstić information content (AvgIpc) is 2.41. The fraction of sp³-hybridized carbons (Fsp3) is 0. The topological polar surface area (TPSA) is 38.9 Å². The minimum absolute atomic E-state index is 0.664. The Kier molecular flexibility index (Phi) is 2.65. The molecule has 0 amide bonds. The monoisotopic (exact) mass is 254 g/mol. The molecule has 0 bridgehead atoms. The highest BCUT2D eigenvalue weighted by atomic mass is 35.5. The molecule has 0 saturated carbocycles. The molecule has 0 atom stereocenters. The summed E-state index contributed by atoms with van der Waals surface area (Å²) in [7, 11) is 0. The van der Waals surface area contributed by atoms with Gasteiger partial charge in [0.05, 0.1) is 17.6 Å². The number of benzene rings is 2. The van der Waals surface area contributed by atoms with Crippen molar-refractivity contribution < 1.29 is 0 Å². The van der Waals surface area contributed by atoms with Crippen LogP contribution in [-0.2, 0) is 0 Å². The minimum Gasteiger partial charge on any atom is -0.397 e. The van der Waals surface area contributed by atoms with E-state index in [2.05, 4.69) is 11.1 Å². The average molecular weight is 255 g/mol. The predicted molar refractivity (Wildman–Crippen MR) is 76.6 cm³/mol. The van der Waals surface area contributed by atoms with Crippen LogP contribution in [0, 0.1) is 0 Å². The van der Waals surface area contributed by atoms with Gasteiger partial charge in [-0.05, 0) is 23.6 Å². The van der Waals surface area contributed by atoms with Gasteiger partial charge in [0.2, 0.25) is 0 Å². The van der Waals surface area contributed by atoms with Gasteiger partial charge in [0.1, 0.15) is 0 Å². The van der Waals surface area contributed by atoms with E-state index >= 15 is 0 Å². The van der Waals surface area contributed by atoms with E-state index in [-0.39, 0.29) is 0 Å². The summed E-state index contributed by atoms with van der Waals surface area (Å²) in [6.45, 7) is 0. The summed E-state index contributed by atoms with van der Waals surface area (Å²) in [6.07, 6.45) is 1.67. The Labute approximate surface area is 110 Å². The molecule has 0 radical (unpaired) electrons. The summed E-state index contributed by atoms with van der Waals surface area (Å²) < 4.78 is 0. The van der Waals surface area contributed by atoms with Crippen LogP contribution < -0.4 is 5.73 Å². The summed E-state index contributed by atoms with van der Waals surface area (Å²) in [5, 5.41) is 2.89. The molecule has 18 heavy (non-hydrogen) atoms. The highest BCUT2D eigenvalue weighted by molar-refractivity contribution is 6.36. The van der Waals surface area contributed by atoms with Gasteiger partial charge in [-0.25, -0.2) is 0 Å². The maximum Gasteiger partial charge on any atom is 0.0709 e. The van der Waals surface area contributed by atoms with E-state index in [4.69, 9.17) is 17.3 Å². The van der Waals surface area contributed by atoms with Gasteiger partial charge in [0.15, 0.2) is 0 Å². The van der Waals surface area contributed by atoms with Crippen molar-refractivity contribution in [2.24, 2.45) is 0 Å². The van der Waals surface area contributed by atoms with Crippen molar-refractivity contribution in [3.63, 3.8) is 0 Å². The zero-order valence-corrected chi connectivity index (χ0v) is 10.4. The molecule has 0 unspecified atom stereocenters. The molecule has 2 nitrogen and oxygen atoms in total. The number of nitrogens with zero attached hydrogens (tertiary/aromatic N) is 1. The van der Waals surface area contributed by atoms with Gasteiger partial charge in [0, 0.05) is 16.0 Å². The van der Waals surface area contributed by atoms with Gasteiger partial charge in [0.25, 0.3) is 0 Å². The third kappa shape index (κ3) is 1.81. The van der Waals surface area contributed by atoms with Crippen LogP contribution in [0.5, 0.6) is 0 Å². The summed E-state index contributed by atoms with van der Waals surface area (Å²) >= 11 is 6.20. The number of pyridine rings is 1. The first-order valence-electron chi connectivity index (χ1n) is 5.65. The smallest absolute Gasteiger partial charge is 0.0709 e. The van der Waals surface area contributed by atoms with Crippen LogP contribution in [0.3, 0.4) is 0 Å². The Morgan fingerprint density at radius 2 is 1.67 bits per heavy atom. The van der Waals surface area contributed by atoms with Crippen molar-refractivity contribution in [3.05, 3.63) is 59.8 Å². The second kappa shape index (κ2) is 4.31. The SMILES string of the molecule is Nc1ccc(-c2ccc(Cl)c3ccccc23)nc1. The molecule has 1 aromatic heterocycles. The lowest BCUT2D eigenvalue weighted by Gasteiger charge is -2.07. The van der Waals surface area contributed by atoms with Crippen LogP contribution in [0.2, 0.25) is 5.02 Å². The van der Waals surface area contributed by atoms with Gasteiger partial charge in [-0.2, -0.15) is 0 Å². The number of fused-ring (bicyclic) bond motifs is 1. The molecule has 0 aliphatic heterocycles. The normalized spacial score (nSPS) is 10.7. The van der Waals surface area contributed by atoms with Crippen LogP contribution in [0.15, 0.2) is 54.7 Å². The van der Waals surface area contributed by atoms with Gasteiger partial charge in [-0.15, -0.1) is 0 Å². The van der Waals surface area contributed by atoms with Crippen molar-refractivity contribution in [1.29, 1.82) is 0 Å². The molecule has 2 aromatic carbocycles. The number of halogens is 1. The number of nitrogens with two attached hydrogens (primary N) is 1. The third-order valence-electron chi connectivity index (χ3n) is 2.93. The van der Waals surface area contributed by atoms with E-state index in [1.54, 1.807) is 6.20 Å². The van der Waals surface area contributed by atoms with Crippen LogP contribution in [-0.4, -0.2) is 4.98 Å². The highest BCUT2D eigenvalue weighted by Gasteiger charge is 2.06. The maximum absolute atomic E-state index is 6.20. The predicted octanol–water partition coefficient (Wildman–Crippen LogP) is 4.14. The number of hydrogen-bond acceptors (Lipinski definition) is 2. The highest BCUT2D eigenvalue weighted by Crippen LogP contribution is 2.32. The van der Waals surface area contributed by atoms with E-state index < -0.39 is 0 Å². The number of hydrogen-bond donors (Lipinski definition) is 1. The van der Waals surface area contributed by atoms with Crippen LogP contribution in [0.1, 0.15) is 0 Å². The molecular formula is C15H11ClN2. The largest absolute Gasteiger partial charge is 0.397 e. The molecule has 3 rings (SSSR count). The Morgan fingerprint density at radius 1 is 0.889 bits per heavy atom. The van der Waals surface area contributed by atoms with E-state index in [1.165, 1.54) is 0 Å². The zero-order valence-electron chi connectivity index (χ0n) is 9.60. The lowest BCUT2D eigenvalue weighted by atomic mass is 10.0. The van der Waals surface area contributed by atoms with Crippen molar-refractivity contribution in [2.75, 3.05) is 5.73 Å². The van der Waals surface area contributed by atoms with Crippen LogP contribution in [0.25, 0.3) is 22.0 Å². The Balaban J connectivity index is 2.30. The van der Waals surface area contributed by atoms with E-state index in [0.717, 1.165) is 27.1 Å². The van der Waals surface area contributed by atoms with Crippen LogP contribution >= 0.6 is 11.6 Å². The lowest BCUT2D eigenvalue weighted by molar-refractivity contribution is 1.34. The molecular weight excluding hydrogens is 244 g/mol. The van der Waals surface area contributed by atoms with Gasteiger partial charge >= 0.3 is 0 Å². The second-order valence-corrected chi connectivity index (χ2v) is 4.52. The van der Waals surface area contributed by atoms with Crippen molar-refractivity contribution in [1.82, 2.24) is 4.98 Å². The summed E-state index contributed by atoms with van der Waals surface area (Å²) in [5.41, 5.74) is 8.29. The van der Waals surface area contributed by atoms with Crippen LogP contribution in [0.4, 0.5) is 5.69 Å². The lowest BCUT2D eigenvalue weighted by Crippen LogP contribution is -1.89. The first-order valence-corrected chi connectivity index (χ1v) is 6.02. The molecule has 3 aromatic rings. The summed E-state index contributed by atoms with van der Waals surface area (Å²) in [4.78, 5) is 4.36. The van der Waals surface area contributed by atoms with Gasteiger partial charge in [-0.1, -0.05) is 41.9 Å². The number of rotatable bonds is 1. The Morgan fingerprint density at radius 3 is 2.39 bits per heavy atom. The molecule has 0 fully saturated rings.